The smallest absolute Gasteiger partial charge is 0.249 e. The molecule has 2 heteroatoms. The molecule has 1 aromatic rings. The molecule has 0 atom stereocenters. The summed E-state index contributed by atoms with van der Waals surface area (Å²) >= 11 is 0. The second-order valence-electron chi connectivity index (χ2n) is 4.61. The molecule has 0 aliphatic carbocycles. The van der Waals surface area contributed by atoms with E-state index in [4.69, 9.17) is 5.73 Å². The number of benzene rings is 1. The van der Waals surface area contributed by atoms with Gasteiger partial charge in [0.05, 0.1) is 0 Å². The van der Waals surface area contributed by atoms with E-state index in [0.29, 0.717) is 5.56 Å². The highest BCUT2D eigenvalue weighted by molar-refractivity contribution is 5.95. The molecule has 0 aromatic heterocycles. The van der Waals surface area contributed by atoms with Crippen LogP contribution < -0.4 is 5.73 Å². The Morgan fingerprint density at radius 2 is 1.86 bits per heavy atom. The van der Waals surface area contributed by atoms with Crippen molar-refractivity contribution in [1.82, 2.24) is 0 Å². The van der Waals surface area contributed by atoms with Gasteiger partial charge in [-0.25, -0.2) is 0 Å². The zero-order valence-corrected chi connectivity index (χ0v) is 9.22. The fourth-order valence-electron chi connectivity index (χ4n) is 1.87. The molecular weight excluding hydrogens is 174 g/mol. The molecule has 0 unspecified atom stereocenters. The molecule has 0 aliphatic rings. The van der Waals surface area contributed by atoms with Crippen molar-refractivity contribution < 1.29 is 4.79 Å². The average Bonchev–Trinajstić information content (AvgIpc) is 2.01. The number of aryl methyl sites for hydroxylation is 1. The summed E-state index contributed by atoms with van der Waals surface area (Å²) in [7, 11) is 0. The Labute approximate surface area is 85.1 Å². The number of carbonyl (C=O) groups is 1. The van der Waals surface area contributed by atoms with E-state index >= 15 is 0 Å². The summed E-state index contributed by atoms with van der Waals surface area (Å²) in [5, 5.41) is 0. The molecule has 0 bridgehead atoms. The summed E-state index contributed by atoms with van der Waals surface area (Å²) in [6, 6.07) is 5.66. The third-order valence-corrected chi connectivity index (χ3v) is 2.29. The summed E-state index contributed by atoms with van der Waals surface area (Å²) in [5.41, 5.74) is 8.10. The van der Waals surface area contributed by atoms with Gasteiger partial charge in [0, 0.05) is 5.56 Å². The van der Waals surface area contributed by atoms with Crippen LogP contribution in [-0.2, 0) is 5.41 Å². The van der Waals surface area contributed by atoms with E-state index in [-0.39, 0.29) is 11.3 Å². The second kappa shape index (κ2) is 3.45. The van der Waals surface area contributed by atoms with E-state index < -0.39 is 0 Å². The SMILES string of the molecule is Cc1cccc(C(N)=O)c1C(C)(C)C. The third-order valence-electron chi connectivity index (χ3n) is 2.29. The van der Waals surface area contributed by atoms with E-state index in [1.807, 2.05) is 19.1 Å². The summed E-state index contributed by atoms with van der Waals surface area (Å²) < 4.78 is 0. The molecule has 0 aliphatic heterocycles. The maximum absolute atomic E-state index is 11.2. The maximum Gasteiger partial charge on any atom is 0.249 e. The Hall–Kier alpha value is -1.31. The molecule has 76 valence electrons. The second-order valence-corrected chi connectivity index (χ2v) is 4.61. The number of nitrogens with two attached hydrogens (primary N) is 1. The molecule has 0 saturated heterocycles. The minimum atomic E-state index is -0.348. The van der Waals surface area contributed by atoms with Crippen LogP contribution >= 0.6 is 0 Å². The number of carbonyl (C=O) groups excluding carboxylic acids is 1. The Morgan fingerprint density at radius 3 is 2.21 bits per heavy atom. The van der Waals surface area contributed by atoms with Crippen molar-refractivity contribution in [3.63, 3.8) is 0 Å². The van der Waals surface area contributed by atoms with Gasteiger partial charge in [0.15, 0.2) is 0 Å². The lowest BCUT2D eigenvalue weighted by atomic mass is 9.81. The minimum Gasteiger partial charge on any atom is -0.366 e. The lowest BCUT2D eigenvalue weighted by molar-refractivity contribution is 0.0998. The van der Waals surface area contributed by atoms with Gasteiger partial charge >= 0.3 is 0 Å². The lowest BCUT2D eigenvalue weighted by Crippen LogP contribution is -2.22. The van der Waals surface area contributed by atoms with Crippen LogP contribution in [0, 0.1) is 6.92 Å². The molecular formula is C12H17NO. The Morgan fingerprint density at radius 1 is 1.29 bits per heavy atom. The molecule has 0 heterocycles. The Balaban J connectivity index is 3.45. The van der Waals surface area contributed by atoms with Gasteiger partial charge in [-0.15, -0.1) is 0 Å². The third kappa shape index (κ3) is 1.95. The molecule has 14 heavy (non-hydrogen) atoms. The molecule has 2 nitrogen and oxygen atoms in total. The first-order valence-electron chi connectivity index (χ1n) is 4.74. The fourth-order valence-corrected chi connectivity index (χ4v) is 1.87. The normalized spacial score (nSPS) is 11.4. The van der Waals surface area contributed by atoms with Crippen molar-refractivity contribution in [2.75, 3.05) is 0 Å². The first-order valence-corrected chi connectivity index (χ1v) is 4.74. The van der Waals surface area contributed by atoms with Crippen LogP contribution in [0.2, 0.25) is 0 Å². The molecule has 0 radical (unpaired) electrons. The predicted molar refractivity (Wildman–Crippen MR) is 58.4 cm³/mol. The first kappa shape index (κ1) is 10.8. The highest BCUT2D eigenvalue weighted by Gasteiger charge is 2.21. The van der Waals surface area contributed by atoms with Gasteiger partial charge in [-0.05, 0) is 29.5 Å². The molecule has 1 aromatic carbocycles. The van der Waals surface area contributed by atoms with Crippen LogP contribution in [0.1, 0.15) is 42.3 Å². The quantitative estimate of drug-likeness (QED) is 0.727. The van der Waals surface area contributed by atoms with Gasteiger partial charge in [0.2, 0.25) is 5.91 Å². The summed E-state index contributed by atoms with van der Waals surface area (Å²) in [6.07, 6.45) is 0. The molecule has 0 fully saturated rings. The lowest BCUT2D eigenvalue weighted by Gasteiger charge is -2.24. The van der Waals surface area contributed by atoms with Crippen molar-refractivity contribution in [2.24, 2.45) is 5.73 Å². The summed E-state index contributed by atoms with van der Waals surface area (Å²) in [4.78, 5) is 11.2. The largest absolute Gasteiger partial charge is 0.366 e. The van der Waals surface area contributed by atoms with E-state index in [0.717, 1.165) is 11.1 Å². The van der Waals surface area contributed by atoms with Crippen molar-refractivity contribution in [1.29, 1.82) is 0 Å². The molecule has 0 saturated carbocycles. The predicted octanol–water partition coefficient (Wildman–Crippen LogP) is 2.39. The van der Waals surface area contributed by atoms with Crippen LogP contribution in [0.25, 0.3) is 0 Å². The van der Waals surface area contributed by atoms with E-state index in [1.54, 1.807) is 6.07 Å². The first-order chi connectivity index (χ1) is 6.34. The highest BCUT2D eigenvalue weighted by atomic mass is 16.1. The van der Waals surface area contributed by atoms with Crippen molar-refractivity contribution in [3.05, 3.63) is 34.9 Å². The van der Waals surface area contributed by atoms with Gasteiger partial charge in [0.1, 0.15) is 0 Å². The zero-order chi connectivity index (χ0) is 10.9. The summed E-state index contributed by atoms with van der Waals surface area (Å²) in [5.74, 6) is -0.348. The van der Waals surface area contributed by atoms with Gasteiger partial charge < -0.3 is 5.73 Å². The van der Waals surface area contributed by atoms with Crippen molar-refractivity contribution in [3.8, 4) is 0 Å². The van der Waals surface area contributed by atoms with E-state index in [1.165, 1.54) is 0 Å². The Bertz CT molecular complexity index is 361. The van der Waals surface area contributed by atoms with E-state index in [9.17, 15) is 4.79 Å². The van der Waals surface area contributed by atoms with Gasteiger partial charge in [0.25, 0.3) is 0 Å². The molecule has 0 spiro atoms. The van der Waals surface area contributed by atoms with Gasteiger partial charge in [-0.3, -0.25) is 4.79 Å². The molecule has 2 N–H and O–H groups in total. The fraction of sp³-hybridized carbons (Fsp3) is 0.417. The topological polar surface area (TPSA) is 43.1 Å². The average molecular weight is 191 g/mol. The monoisotopic (exact) mass is 191 g/mol. The zero-order valence-electron chi connectivity index (χ0n) is 9.22. The number of hydrogen-bond acceptors (Lipinski definition) is 1. The van der Waals surface area contributed by atoms with Crippen LogP contribution in [0.4, 0.5) is 0 Å². The van der Waals surface area contributed by atoms with Crippen LogP contribution in [-0.4, -0.2) is 5.91 Å². The van der Waals surface area contributed by atoms with Gasteiger partial charge in [-0.2, -0.15) is 0 Å². The maximum atomic E-state index is 11.2. The van der Waals surface area contributed by atoms with Crippen molar-refractivity contribution in [2.45, 2.75) is 33.1 Å². The number of amides is 1. The van der Waals surface area contributed by atoms with Crippen LogP contribution in [0.5, 0.6) is 0 Å². The number of rotatable bonds is 1. The van der Waals surface area contributed by atoms with Crippen molar-refractivity contribution >= 4 is 5.91 Å². The van der Waals surface area contributed by atoms with E-state index in [2.05, 4.69) is 20.8 Å². The molecule has 1 amide bonds. The van der Waals surface area contributed by atoms with Crippen LogP contribution in [0.3, 0.4) is 0 Å². The minimum absolute atomic E-state index is 0.0459. The van der Waals surface area contributed by atoms with Gasteiger partial charge in [-0.1, -0.05) is 32.9 Å². The molecule has 1 rings (SSSR count). The number of primary amides is 1. The Kier molecular flexibility index (Phi) is 2.65. The van der Waals surface area contributed by atoms with Crippen LogP contribution in [0.15, 0.2) is 18.2 Å². The number of hydrogen-bond donors (Lipinski definition) is 1. The highest BCUT2D eigenvalue weighted by Crippen LogP contribution is 2.28. The summed E-state index contributed by atoms with van der Waals surface area (Å²) in [6.45, 7) is 8.26. The standard InChI is InChI=1S/C12H17NO/c1-8-6-5-7-9(11(13)14)10(8)12(2,3)4/h5-7H,1-4H3,(H2,13,14).